The van der Waals surface area contributed by atoms with Crippen LogP contribution >= 0.6 is 12.2 Å². The molecule has 2 aliphatic rings. The number of hydrogen-bond acceptors (Lipinski definition) is 3. The summed E-state index contributed by atoms with van der Waals surface area (Å²) in [5.74, 6) is 2.27. The van der Waals surface area contributed by atoms with Gasteiger partial charge in [0.05, 0.1) is 12.2 Å². The molecule has 0 aromatic heterocycles. The molecule has 4 atom stereocenters. The molecule has 130 valence electrons. The van der Waals surface area contributed by atoms with Gasteiger partial charge < -0.3 is 15.4 Å². The molecule has 1 aromatic rings. The Labute approximate surface area is 149 Å². The molecule has 2 aliphatic carbocycles. The predicted molar refractivity (Wildman–Crippen MR) is 100 cm³/mol. The van der Waals surface area contributed by atoms with E-state index in [-0.39, 0.29) is 5.97 Å². The van der Waals surface area contributed by atoms with E-state index in [1.807, 2.05) is 12.1 Å². The summed E-state index contributed by atoms with van der Waals surface area (Å²) in [6.45, 7) is 4.42. The highest BCUT2D eigenvalue weighted by atomic mass is 32.1. The van der Waals surface area contributed by atoms with Crippen molar-refractivity contribution < 1.29 is 9.53 Å². The summed E-state index contributed by atoms with van der Waals surface area (Å²) >= 11 is 5.45. The number of ether oxygens (including phenoxy) is 1. The third-order valence-corrected chi connectivity index (χ3v) is 5.67. The predicted octanol–water partition coefficient (Wildman–Crippen LogP) is 3.97. The number of anilines is 1. The van der Waals surface area contributed by atoms with Crippen LogP contribution in [0.25, 0.3) is 0 Å². The van der Waals surface area contributed by atoms with E-state index in [2.05, 4.69) is 17.6 Å². The van der Waals surface area contributed by atoms with Crippen LogP contribution in [0, 0.1) is 17.8 Å². The third kappa shape index (κ3) is 3.89. The molecule has 2 N–H and O–H groups in total. The van der Waals surface area contributed by atoms with Gasteiger partial charge in [-0.2, -0.15) is 0 Å². The Bertz CT molecular complexity index is 602. The van der Waals surface area contributed by atoms with Gasteiger partial charge >= 0.3 is 5.97 Å². The Balaban J connectivity index is 1.50. The maximum absolute atomic E-state index is 11.7. The fraction of sp³-hybridized carbons (Fsp3) is 0.579. The molecule has 24 heavy (non-hydrogen) atoms. The first-order valence-electron chi connectivity index (χ1n) is 8.91. The number of esters is 1. The van der Waals surface area contributed by atoms with Crippen LogP contribution in [0.2, 0.25) is 0 Å². The van der Waals surface area contributed by atoms with Crippen molar-refractivity contribution in [2.24, 2.45) is 17.8 Å². The highest BCUT2D eigenvalue weighted by molar-refractivity contribution is 7.80. The zero-order valence-electron chi connectivity index (χ0n) is 14.4. The van der Waals surface area contributed by atoms with Gasteiger partial charge in [0.2, 0.25) is 0 Å². The summed E-state index contributed by atoms with van der Waals surface area (Å²) in [4.78, 5) is 11.7. The van der Waals surface area contributed by atoms with Gasteiger partial charge in [-0.3, -0.25) is 0 Å². The molecule has 0 radical (unpaired) electrons. The van der Waals surface area contributed by atoms with E-state index in [9.17, 15) is 4.79 Å². The molecule has 4 unspecified atom stereocenters. The van der Waals surface area contributed by atoms with Gasteiger partial charge in [-0.15, -0.1) is 0 Å². The average molecular weight is 346 g/mol. The summed E-state index contributed by atoms with van der Waals surface area (Å²) in [6, 6.07) is 7.61. The summed E-state index contributed by atoms with van der Waals surface area (Å²) in [5.41, 5.74) is 1.43. The number of carbonyl (C=O) groups excluding carboxylic acids is 1. The van der Waals surface area contributed by atoms with Crippen molar-refractivity contribution in [3.8, 4) is 0 Å². The molecular weight excluding hydrogens is 320 g/mol. The lowest BCUT2D eigenvalue weighted by molar-refractivity contribution is 0.0526. The van der Waals surface area contributed by atoms with Crippen LogP contribution in [-0.4, -0.2) is 23.7 Å². The number of fused-ring (bicyclic) bond motifs is 2. The van der Waals surface area contributed by atoms with Crippen LogP contribution in [0.4, 0.5) is 5.69 Å². The van der Waals surface area contributed by atoms with Gasteiger partial charge in [0.1, 0.15) is 0 Å². The van der Waals surface area contributed by atoms with Crippen molar-refractivity contribution in [2.75, 3.05) is 11.9 Å². The van der Waals surface area contributed by atoms with E-state index in [0.717, 1.165) is 23.4 Å². The molecule has 0 aliphatic heterocycles. The second-order valence-electron chi connectivity index (χ2n) is 7.02. The molecule has 2 fully saturated rings. The van der Waals surface area contributed by atoms with Gasteiger partial charge in [-0.1, -0.05) is 6.42 Å². The number of nitrogens with one attached hydrogen (secondary N) is 2. The van der Waals surface area contributed by atoms with Crippen LogP contribution in [0.15, 0.2) is 24.3 Å². The maximum atomic E-state index is 11.7. The summed E-state index contributed by atoms with van der Waals surface area (Å²) < 4.78 is 4.99. The molecular formula is C19H26N2O2S. The highest BCUT2D eigenvalue weighted by Gasteiger charge is 2.41. The lowest BCUT2D eigenvalue weighted by Crippen LogP contribution is -2.42. The Morgan fingerprint density at radius 2 is 2.04 bits per heavy atom. The molecule has 0 amide bonds. The summed E-state index contributed by atoms with van der Waals surface area (Å²) in [6.07, 6.45) is 5.56. The SMILES string of the molecule is CCOC(=O)c1ccc(NC(=S)NC(C)C2CC3CCC2C3)cc1. The smallest absolute Gasteiger partial charge is 0.338 e. The van der Waals surface area contributed by atoms with E-state index < -0.39 is 0 Å². The summed E-state index contributed by atoms with van der Waals surface area (Å²) in [5, 5.41) is 7.30. The first-order valence-corrected chi connectivity index (χ1v) is 9.32. The largest absolute Gasteiger partial charge is 0.462 e. The number of carbonyl (C=O) groups is 1. The lowest BCUT2D eigenvalue weighted by atomic mass is 9.84. The first kappa shape index (κ1) is 17.2. The van der Waals surface area contributed by atoms with E-state index in [1.54, 1.807) is 19.1 Å². The molecule has 0 saturated heterocycles. The standard InChI is InChI=1S/C19H26N2O2S/c1-3-23-18(22)14-6-8-16(9-7-14)21-19(24)20-12(2)17-11-13-4-5-15(17)10-13/h6-9,12-13,15,17H,3-5,10-11H2,1-2H3,(H2,20,21,24). The second-order valence-corrected chi connectivity index (χ2v) is 7.43. The van der Waals surface area contributed by atoms with Crippen LogP contribution in [0.3, 0.4) is 0 Å². The minimum absolute atomic E-state index is 0.297. The molecule has 5 heteroatoms. The Hall–Kier alpha value is -1.62. The molecule has 2 bridgehead atoms. The van der Waals surface area contributed by atoms with Crippen LogP contribution in [0.5, 0.6) is 0 Å². The van der Waals surface area contributed by atoms with E-state index in [0.29, 0.717) is 23.3 Å². The van der Waals surface area contributed by atoms with Crippen molar-refractivity contribution in [3.05, 3.63) is 29.8 Å². The Morgan fingerprint density at radius 1 is 1.29 bits per heavy atom. The minimum atomic E-state index is -0.297. The monoisotopic (exact) mass is 346 g/mol. The second kappa shape index (κ2) is 7.51. The van der Waals surface area contributed by atoms with Crippen molar-refractivity contribution in [3.63, 3.8) is 0 Å². The minimum Gasteiger partial charge on any atom is -0.462 e. The lowest BCUT2D eigenvalue weighted by Gasteiger charge is -2.29. The number of hydrogen-bond donors (Lipinski definition) is 2. The third-order valence-electron chi connectivity index (χ3n) is 5.45. The number of rotatable bonds is 5. The average Bonchev–Trinajstić information content (AvgIpc) is 3.18. The molecule has 3 rings (SSSR count). The molecule has 0 spiro atoms. The van der Waals surface area contributed by atoms with Gasteiger partial charge in [0, 0.05) is 11.7 Å². The van der Waals surface area contributed by atoms with Crippen molar-refractivity contribution in [2.45, 2.75) is 45.6 Å². The highest BCUT2D eigenvalue weighted by Crippen LogP contribution is 2.49. The Morgan fingerprint density at radius 3 is 2.62 bits per heavy atom. The molecule has 1 aromatic carbocycles. The van der Waals surface area contributed by atoms with Gasteiger partial charge in [0.15, 0.2) is 5.11 Å². The van der Waals surface area contributed by atoms with E-state index in [4.69, 9.17) is 17.0 Å². The molecule has 4 nitrogen and oxygen atoms in total. The van der Waals surface area contributed by atoms with Crippen molar-refractivity contribution >= 4 is 29.0 Å². The van der Waals surface area contributed by atoms with Gasteiger partial charge in [-0.05, 0) is 87.3 Å². The first-order chi connectivity index (χ1) is 11.6. The van der Waals surface area contributed by atoms with Crippen LogP contribution < -0.4 is 10.6 Å². The number of thiocarbonyl (C=S) groups is 1. The van der Waals surface area contributed by atoms with E-state index in [1.165, 1.54) is 25.7 Å². The fourth-order valence-electron chi connectivity index (χ4n) is 4.29. The van der Waals surface area contributed by atoms with Gasteiger partial charge in [0.25, 0.3) is 0 Å². The molecule has 0 heterocycles. The maximum Gasteiger partial charge on any atom is 0.338 e. The topological polar surface area (TPSA) is 50.4 Å². The summed E-state index contributed by atoms with van der Waals surface area (Å²) in [7, 11) is 0. The van der Waals surface area contributed by atoms with Crippen molar-refractivity contribution in [1.82, 2.24) is 5.32 Å². The van der Waals surface area contributed by atoms with Crippen molar-refractivity contribution in [1.29, 1.82) is 0 Å². The number of benzene rings is 1. The van der Waals surface area contributed by atoms with Gasteiger partial charge in [-0.25, -0.2) is 4.79 Å². The Kier molecular flexibility index (Phi) is 5.39. The zero-order chi connectivity index (χ0) is 17.1. The molecule has 2 saturated carbocycles. The fourth-order valence-corrected chi connectivity index (χ4v) is 4.60. The normalized spacial score (nSPS) is 26.0. The van der Waals surface area contributed by atoms with E-state index >= 15 is 0 Å². The van der Waals surface area contributed by atoms with Crippen LogP contribution in [-0.2, 0) is 4.74 Å². The quantitative estimate of drug-likeness (QED) is 0.624. The van der Waals surface area contributed by atoms with Crippen LogP contribution in [0.1, 0.15) is 49.9 Å². The zero-order valence-corrected chi connectivity index (χ0v) is 15.2.